The van der Waals surface area contributed by atoms with E-state index in [0.717, 1.165) is 64.7 Å². The number of aromatic nitrogens is 3. The molecule has 0 radical (unpaired) electrons. The van der Waals surface area contributed by atoms with Gasteiger partial charge in [0.2, 0.25) is 5.88 Å². The first-order chi connectivity index (χ1) is 27.0. The lowest BCUT2D eigenvalue weighted by molar-refractivity contribution is -0.112. The number of halogens is 2. The van der Waals surface area contributed by atoms with Crippen LogP contribution in [0.1, 0.15) is 77.2 Å². The van der Waals surface area contributed by atoms with Crippen molar-refractivity contribution in [1.82, 2.24) is 19.9 Å². The van der Waals surface area contributed by atoms with Gasteiger partial charge in [-0.2, -0.15) is 9.97 Å². The van der Waals surface area contributed by atoms with E-state index in [0.29, 0.717) is 65.8 Å². The largest absolute Gasteiger partial charge is 0.508 e. The Kier molecular flexibility index (Phi) is 9.74. The maximum atomic E-state index is 17.4. The minimum atomic E-state index is -1.22. The molecule has 3 saturated heterocycles. The number of nitrogens with zero attached hydrogens (tertiary/aromatic N) is 5. The molecule has 3 unspecified atom stereocenters. The van der Waals surface area contributed by atoms with Gasteiger partial charge in [0.25, 0.3) is 0 Å². The van der Waals surface area contributed by atoms with Gasteiger partial charge < -0.3 is 34.1 Å². The Balaban J connectivity index is 1.13. The van der Waals surface area contributed by atoms with Crippen molar-refractivity contribution in [3.63, 3.8) is 0 Å². The molecule has 2 aromatic heterocycles. The number of methoxy groups -OCH3 is 1. The molecule has 1 spiro atoms. The molecule has 3 atom stereocenters. The summed E-state index contributed by atoms with van der Waals surface area (Å²) in [7, 11) is 1.44. The molecule has 2 N–H and O–H groups in total. The van der Waals surface area contributed by atoms with Crippen molar-refractivity contribution in [2.24, 2.45) is 10.8 Å². The number of ether oxygens (including phenoxy) is 4. The van der Waals surface area contributed by atoms with Crippen molar-refractivity contribution in [2.45, 2.75) is 95.7 Å². The number of β-amino-alcohol motifs (C(OH)–C–C–N with tert-alkyl or cyclic N) is 1. The third-order valence-corrected chi connectivity index (χ3v) is 13.6. The van der Waals surface area contributed by atoms with E-state index < -0.39 is 17.2 Å². The van der Waals surface area contributed by atoms with Crippen LogP contribution in [0.4, 0.5) is 14.6 Å². The molecule has 0 amide bonds. The summed E-state index contributed by atoms with van der Waals surface area (Å²) < 4.78 is 56.6. The molecule has 11 nitrogen and oxygen atoms in total. The number of hydrogen-bond acceptors (Lipinski definition) is 11. The normalized spacial score (nSPS) is 27.0. The maximum Gasteiger partial charge on any atom is 0.319 e. The van der Waals surface area contributed by atoms with Crippen LogP contribution in [0.25, 0.3) is 32.9 Å². The van der Waals surface area contributed by atoms with E-state index in [-0.39, 0.29) is 58.4 Å². The maximum absolute atomic E-state index is 17.4. The molecule has 2 aliphatic carbocycles. The Labute approximate surface area is 326 Å². The number of phenolic OH excluding ortho intramolecular Hbond substituents is 1. The van der Waals surface area contributed by atoms with Crippen molar-refractivity contribution in [3.05, 3.63) is 41.5 Å². The quantitative estimate of drug-likeness (QED) is 0.193. The SMILES string of the molecule is CCc1c(F)ccc2cc(O)cc(-c3nc(OC)c4c(N5CCOCC(C)(O)C5)nc(OCC56CCCC5N(C5CC7(CCOCC7)C5)CCC6)nc4c3F)c12. The summed E-state index contributed by atoms with van der Waals surface area (Å²) in [5.74, 6) is -0.958. The van der Waals surface area contributed by atoms with Crippen molar-refractivity contribution < 1.29 is 37.9 Å². The molecule has 5 fully saturated rings. The predicted octanol–water partition coefficient (Wildman–Crippen LogP) is 6.96. The lowest BCUT2D eigenvalue weighted by Gasteiger charge is -2.58. The van der Waals surface area contributed by atoms with E-state index in [2.05, 4.69) is 9.88 Å². The topological polar surface area (TPSA) is 123 Å². The minimum absolute atomic E-state index is 0.0263. The van der Waals surface area contributed by atoms with Gasteiger partial charge in [-0.05, 0) is 111 Å². The highest BCUT2D eigenvalue weighted by Crippen LogP contribution is 2.56. The number of benzene rings is 2. The predicted molar refractivity (Wildman–Crippen MR) is 208 cm³/mol. The fraction of sp³-hybridized carbons (Fsp3) is 0.605. The molecule has 4 aromatic rings. The molecule has 300 valence electrons. The number of hydrogen-bond donors (Lipinski definition) is 2. The third kappa shape index (κ3) is 6.52. The number of aromatic hydroxyl groups is 1. The zero-order chi connectivity index (χ0) is 38.8. The molecule has 9 rings (SSSR count). The Bertz CT molecular complexity index is 2140. The van der Waals surface area contributed by atoms with Gasteiger partial charge in [0, 0.05) is 42.8 Å². The number of phenols is 1. The Morgan fingerprint density at radius 1 is 0.964 bits per heavy atom. The number of rotatable bonds is 8. The molecular formula is C43H53F2N5O6. The smallest absolute Gasteiger partial charge is 0.319 e. The minimum Gasteiger partial charge on any atom is -0.508 e. The van der Waals surface area contributed by atoms with Gasteiger partial charge in [0.05, 0.1) is 33.5 Å². The molecular weight excluding hydrogens is 720 g/mol. The first kappa shape index (κ1) is 37.7. The van der Waals surface area contributed by atoms with Crippen molar-refractivity contribution in [1.29, 1.82) is 0 Å². The second-order valence-corrected chi connectivity index (χ2v) is 17.4. The number of piperidine rings is 1. The molecule has 56 heavy (non-hydrogen) atoms. The highest BCUT2D eigenvalue weighted by atomic mass is 19.1. The van der Waals surface area contributed by atoms with E-state index in [1.165, 1.54) is 38.2 Å². The lowest BCUT2D eigenvalue weighted by Crippen LogP contribution is -2.61. The second kappa shape index (κ2) is 14.5. The number of aliphatic hydroxyl groups is 1. The molecule has 5 heterocycles. The van der Waals surface area contributed by atoms with Crippen molar-refractivity contribution in [3.8, 4) is 28.9 Å². The van der Waals surface area contributed by atoms with Crippen LogP contribution in [0.3, 0.4) is 0 Å². The molecule has 3 aliphatic heterocycles. The van der Waals surface area contributed by atoms with E-state index >= 15 is 8.78 Å². The zero-order valence-corrected chi connectivity index (χ0v) is 32.7. The van der Waals surface area contributed by atoms with Gasteiger partial charge in [0.15, 0.2) is 5.82 Å². The van der Waals surface area contributed by atoms with Gasteiger partial charge in [-0.25, -0.2) is 13.8 Å². The van der Waals surface area contributed by atoms with E-state index in [9.17, 15) is 10.2 Å². The van der Waals surface area contributed by atoms with Crippen LogP contribution in [0, 0.1) is 22.5 Å². The molecule has 13 heteroatoms. The third-order valence-electron chi connectivity index (χ3n) is 13.6. The summed E-state index contributed by atoms with van der Waals surface area (Å²) in [4.78, 5) is 19.0. The Morgan fingerprint density at radius 2 is 1.77 bits per heavy atom. The van der Waals surface area contributed by atoms with Crippen LogP contribution in [0.2, 0.25) is 0 Å². The van der Waals surface area contributed by atoms with Gasteiger partial charge >= 0.3 is 6.01 Å². The molecule has 2 saturated carbocycles. The zero-order valence-electron chi connectivity index (χ0n) is 32.7. The average molecular weight is 774 g/mol. The molecule has 5 aliphatic rings. The summed E-state index contributed by atoms with van der Waals surface area (Å²) in [6.45, 7) is 7.72. The summed E-state index contributed by atoms with van der Waals surface area (Å²) >= 11 is 0. The summed E-state index contributed by atoms with van der Waals surface area (Å²) in [5.41, 5.74) is -0.476. The van der Waals surface area contributed by atoms with Crippen LogP contribution in [-0.2, 0) is 15.9 Å². The van der Waals surface area contributed by atoms with Crippen LogP contribution in [-0.4, -0.2) is 108 Å². The lowest BCUT2D eigenvalue weighted by atomic mass is 9.60. The van der Waals surface area contributed by atoms with Gasteiger partial charge in [-0.3, -0.25) is 4.90 Å². The van der Waals surface area contributed by atoms with Crippen LogP contribution >= 0.6 is 0 Å². The second-order valence-electron chi connectivity index (χ2n) is 17.4. The van der Waals surface area contributed by atoms with Crippen LogP contribution in [0.15, 0.2) is 24.3 Å². The summed E-state index contributed by atoms with van der Waals surface area (Å²) in [6, 6.07) is 6.87. The van der Waals surface area contributed by atoms with Gasteiger partial charge in [-0.15, -0.1) is 0 Å². The number of aryl methyl sites for hydroxylation is 1. The van der Waals surface area contributed by atoms with E-state index in [1.54, 1.807) is 13.0 Å². The standard InChI is InChI=1S/C43H53F2N5O6/c1-4-29-31(44)9-8-26-19-28(51)20-30(33(26)29)36-35(45)37-34(39(46-36)53-3)38(49-15-18-55-24-41(2,52)23-49)48-40(47-37)56-25-43-10-5-7-32(43)50(14-6-11-43)27-21-42(22-27)12-16-54-17-13-42/h8-9,19-20,27,32,51-52H,4-7,10-18,21-25H2,1-3H3. The van der Waals surface area contributed by atoms with E-state index in [1.807, 2.05) is 11.8 Å². The first-order valence-electron chi connectivity index (χ1n) is 20.4. The number of anilines is 1. The van der Waals surface area contributed by atoms with Gasteiger partial charge in [0.1, 0.15) is 39.6 Å². The number of likely N-dealkylation sites (tertiary alicyclic amines) is 1. The number of pyridine rings is 1. The van der Waals surface area contributed by atoms with Crippen molar-refractivity contribution >= 4 is 27.5 Å². The molecule has 0 bridgehead atoms. The van der Waals surface area contributed by atoms with Crippen LogP contribution in [0.5, 0.6) is 17.6 Å². The Hall–Kier alpha value is -3.91. The van der Waals surface area contributed by atoms with Crippen molar-refractivity contribution in [2.75, 3.05) is 64.7 Å². The summed E-state index contributed by atoms with van der Waals surface area (Å²) in [6.07, 6.45) is 10.6. The molecule has 2 aromatic carbocycles. The Morgan fingerprint density at radius 3 is 2.55 bits per heavy atom. The number of fused-ring (bicyclic) bond motifs is 3. The summed E-state index contributed by atoms with van der Waals surface area (Å²) in [5, 5.41) is 23.2. The van der Waals surface area contributed by atoms with Gasteiger partial charge in [-0.1, -0.05) is 19.4 Å². The average Bonchev–Trinajstić information content (AvgIpc) is 3.53. The first-order valence-corrected chi connectivity index (χ1v) is 20.4. The highest BCUT2D eigenvalue weighted by molar-refractivity contribution is 6.03. The van der Waals surface area contributed by atoms with Crippen LogP contribution < -0.4 is 14.4 Å². The highest BCUT2D eigenvalue weighted by Gasteiger charge is 2.55. The fourth-order valence-electron chi connectivity index (χ4n) is 10.9. The fourth-order valence-corrected chi connectivity index (χ4v) is 10.9. The van der Waals surface area contributed by atoms with E-state index in [4.69, 9.17) is 28.9 Å². The monoisotopic (exact) mass is 773 g/mol.